The van der Waals surface area contributed by atoms with Gasteiger partial charge in [-0.25, -0.2) is 9.59 Å². The van der Waals surface area contributed by atoms with Crippen molar-refractivity contribution in [2.45, 2.75) is 0 Å². The van der Waals surface area contributed by atoms with Gasteiger partial charge < -0.3 is 47.4 Å². The average molecular weight is 657 g/mol. The summed E-state index contributed by atoms with van der Waals surface area (Å²) in [6, 6.07) is 6.27. The van der Waals surface area contributed by atoms with Crippen molar-refractivity contribution in [2.24, 2.45) is 0 Å². The van der Waals surface area contributed by atoms with E-state index in [0.29, 0.717) is 39.6 Å². The number of nitro benzene ring substituents is 2. The third kappa shape index (κ3) is 14.5. The normalized spacial score (nSPS) is 10.7. The van der Waals surface area contributed by atoms with Crippen LogP contribution in [0.1, 0.15) is 0 Å². The second-order valence-corrected chi connectivity index (χ2v) is 8.69. The molecule has 0 unspecified atom stereocenters. The topological polar surface area (TPSA) is 213 Å². The van der Waals surface area contributed by atoms with Gasteiger partial charge in [-0.05, 0) is 12.1 Å². The summed E-state index contributed by atoms with van der Waals surface area (Å²) < 4.78 is 52.1. The van der Waals surface area contributed by atoms with E-state index in [9.17, 15) is 29.8 Å². The first-order valence-electron chi connectivity index (χ1n) is 13.8. The average Bonchev–Trinajstić information content (AvgIpc) is 3.04. The number of rotatable bonds is 24. The monoisotopic (exact) mass is 656 g/mol. The Hall–Kier alpha value is -4.46. The first kappa shape index (κ1) is 37.7. The SMILES string of the molecule is COCCOCCOCCOc1cc([N+](=O)[O-])ccc1OC(=O)C(=O)Oc1ccc([N+](=O)[O-])cc1OCCOCCOCCOC. The summed E-state index contributed by atoms with van der Waals surface area (Å²) in [6.07, 6.45) is 0. The van der Waals surface area contributed by atoms with Crippen LogP contribution in [0.2, 0.25) is 0 Å². The minimum atomic E-state index is -1.51. The molecule has 0 radical (unpaired) electrons. The van der Waals surface area contributed by atoms with E-state index < -0.39 is 21.8 Å². The zero-order valence-corrected chi connectivity index (χ0v) is 25.4. The van der Waals surface area contributed by atoms with Gasteiger partial charge in [-0.1, -0.05) is 0 Å². The second-order valence-electron chi connectivity index (χ2n) is 8.69. The smallest absolute Gasteiger partial charge is 0.423 e. The van der Waals surface area contributed by atoms with Crippen LogP contribution in [-0.4, -0.2) is 115 Å². The van der Waals surface area contributed by atoms with Crippen LogP contribution in [0.5, 0.6) is 23.0 Å². The Bertz CT molecular complexity index is 1160. The molecule has 0 fully saturated rings. The fourth-order valence-corrected chi connectivity index (χ4v) is 3.25. The molecule has 0 saturated carbocycles. The Morgan fingerprint density at radius 3 is 1.17 bits per heavy atom. The summed E-state index contributed by atoms with van der Waals surface area (Å²) in [5.74, 6) is -4.05. The third-order valence-corrected chi connectivity index (χ3v) is 5.43. The van der Waals surface area contributed by atoms with E-state index in [0.717, 1.165) is 36.4 Å². The van der Waals surface area contributed by atoms with Crippen LogP contribution in [0.25, 0.3) is 0 Å². The van der Waals surface area contributed by atoms with Crippen LogP contribution in [0, 0.1) is 20.2 Å². The highest BCUT2D eigenvalue weighted by Gasteiger charge is 2.25. The molecule has 2 rings (SSSR count). The number of carbonyl (C=O) groups excluding carboxylic acids is 2. The molecule has 18 heteroatoms. The van der Waals surface area contributed by atoms with Crippen LogP contribution in [0.3, 0.4) is 0 Å². The third-order valence-electron chi connectivity index (χ3n) is 5.43. The summed E-state index contributed by atoms with van der Waals surface area (Å²) in [6.45, 7) is 2.79. The fourth-order valence-electron chi connectivity index (χ4n) is 3.25. The van der Waals surface area contributed by atoms with Crippen LogP contribution >= 0.6 is 0 Å². The van der Waals surface area contributed by atoms with Gasteiger partial charge in [0, 0.05) is 26.4 Å². The highest BCUT2D eigenvalue weighted by atomic mass is 16.6. The molecule has 2 aromatic rings. The van der Waals surface area contributed by atoms with Gasteiger partial charge in [0.1, 0.15) is 13.2 Å². The lowest BCUT2D eigenvalue weighted by molar-refractivity contribution is -0.385. The van der Waals surface area contributed by atoms with Crippen molar-refractivity contribution in [1.29, 1.82) is 0 Å². The number of non-ortho nitro benzene ring substituents is 2. The van der Waals surface area contributed by atoms with Crippen molar-refractivity contribution in [3.8, 4) is 23.0 Å². The maximum absolute atomic E-state index is 12.6. The summed E-state index contributed by atoms with van der Waals surface area (Å²) in [7, 11) is 3.10. The molecule has 0 aliphatic rings. The van der Waals surface area contributed by atoms with Crippen molar-refractivity contribution in [1.82, 2.24) is 0 Å². The van der Waals surface area contributed by atoms with Crippen molar-refractivity contribution < 1.29 is 66.8 Å². The Balaban J connectivity index is 1.97. The van der Waals surface area contributed by atoms with Crippen molar-refractivity contribution in [3.63, 3.8) is 0 Å². The van der Waals surface area contributed by atoms with Gasteiger partial charge in [0.05, 0.1) is 88.0 Å². The molecule has 0 N–H and O–H groups in total. The maximum atomic E-state index is 12.6. The molecule has 0 atom stereocenters. The van der Waals surface area contributed by atoms with Gasteiger partial charge in [-0.3, -0.25) is 20.2 Å². The van der Waals surface area contributed by atoms with E-state index in [4.69, 9.17) is 47.4 Å². The molecule has 18 nitrogen and oxygen atoms in total. The van der Waals surface area contributed by atoms with Crippen LogP contribution < -0.4 is 18.9 Å². The molecule has 0 aliphatic heterocycles. The minimum absolute atomic E-state index is 0.0713. The zero-order valence-electron chi connectivity index (χ0n) is 25.4. The van der Waals surface area contributed by atoms with Crippen molar-refractivity contribution in [3.05, 3.63) is 56.6 Å². The summed E-state index contributed by atoms with van der Waals surface area (Å²) in [5, 5.41) is 22.5. The highest BCUT2D eigenvalue weighted by molar-refractivity contribution is 6.31. The standard InChI is InChI=1S/C28H36N2O16/c1-37-7-9-39-11-13-41-15-17-43-25-19-21(29(33)34)3-5-23(25)45-27(31)28(32)46-24-6-4-22(30(35)36)20-26(24)44-18-16-42-14-12-40-10-8-38-2/h3-6,19-20H,7-18H2,1-2H3. The van der Waals surface area contributed by atoms with Crippen molar-refractivity contribution in [2.75, 3.05) is 93.5 Å². The quantitative estimate of drug-likeness (QED) is 0.0395. The first-order chi connectivity index (χ1) is 22.3. The number of hydrogen-bond donors (Lipinski definition) is 0. The number of esters is 2. The number of hydrogen-bond acceptors (Lipinski definition) is 16. The van der Waals surface area contributed by atoms with Gasteiger partial charge in [0.15, 0.2) is 23.0 Å². The van der Waals surface area contributed by atoms with Gasteiger partial charge in [-0.2, -0.15) is 0 Å². The van der Waals surface area contributed by atoms with E-state index >= 15 is 0 Å². The molecule has 0 aromatic heterocycles. The van der Waals surface area contributed by atoms with E-state index in [2.05, 4.69) is 0 Å². The van der Waals surface area contributed by atoms with Gasteiger partial charge in [0.25, 0.3) is 11.4 Å². The molecule has 0 bridgehead atoms. The maximum Gasteiger partial charge on any atom is 0.423 e. The molecule has 0 heterocycles. The molecule has 2 aromatic carbocycles. The largest absolute Gasteiger partial charge is 0.487 e. The zero-order chi connectivity index (χ0) is 33.6. The lowest BCUT2D eigenvalue weighted by atomic mass is 10.3. The highest BCUT2D eigenvalue weighted by Crippen LogP contribution is 2.33. The molecule has 0 spiro atoms. The molecule has 0 aliphatic carbocycles. The lowest BCUT2D eigenvalue weighted by Crippen LogP contribution is -2.26. The van der Waals surface area contributed by atoms with Crippen LogP contribution in [0.15, 0.2) is 36.4 Å². The Kier molecular flexibility index (Phi) is 18.1. The Morgan fingerprint density at radius 1 is 0.522 bits per heavy atom. The Morgan fingerprint density at radius 2 is 0.848 bits per heavy atom. The number of methoxy groups -OCH3 is 2. The number of nitro groups is 2. The molecular formula is C28H36N2O16. The summed E-state index contributed by atoms with van der Waals surface area (Å²) in [4.78, 5) is 46.3. The second kappa shape index (κ2) is 22.1. The van der Waals surface area contributed by atoms with Crippen LogP contribution in [0.4, 0.5) is 11.4 Å². The van der Waals surface area contributed by atoms with Gasteiger partial charge in [-0.15, -0.1) is 0 Å². The fraction of sp³-hybridized carbons (Fsp3) is 0.500. The predicted octanol–water partition coefficient (Wildman–Crippen LogP) is 2.13. The van der Waals surface area contributed by atoms with Crippen LogP contribution in [-0.2, 0) is 38.0 Å². The van der Waals surface area contributed by atoms with E-state index in [-0.39, 0.29) is 74.0 Å². The summed E-state index contributed by atoms with van der Waals surface area (Å²) in [5.41, 5.74) is -0.722. The first-order valence-corrected chi connectivity index (χ1v) is 13.8. The van der Waals surface area contributed by atoms with E-state index in [1.807, 2.05) is 0 Å². The summed E-state index contributed by atoms with van der Waals surface area (Å²) >= 11 is 0. The lowest BCUT2D eigenvalue weighted by Gasteiger charge is -2.13. The number of benzene rings is 2. The number of carbonyl (C=O) groups is 2. The van der Waals surface area contributed by atoms with Gasteiger partial charge in [0.2, 0.25) is 0 Å². The molecule has 254 valence electrons. The number of nitrogens with zero attached hydrogens (tertiary/aromatic N) is 2. The van der Waals surface area contributed by atoms with Crippen molar-refractivity contribution >= 4 is 23.3 Å². The molecule has 0 amide bonds. The molecule has 46 heavy (non-hydrogen) atoms. The van der Waals surface area contributed by atoms with Gasteiger partial charge >= 0.3 is 11.9 Å². The predicted molar refractivity (Wildman–Crippen MR) is 155 cm³/mol. The molecular weight excluding hydrogens is 620 g/mol. The number of ether oxygens (including phenoxy) is 10. The Labute approximate surface area is 263 Å². The molecule has 0 saturated heterocycles. The minimum Gasteiger partial charge on any atom is -0.487 e. The van der Waals surface area contributed by atoms with E-state index in [1.165, 1.54) is 0 Å². The van der Waals surface area contributed by atoms with E-state index in [1.54, 1.807) is 14.2 Å².